The smallest absolute Gasteiger partial charge is 0.242 e. The van der Waals surface area contributed by atoms with Crippen LogP contribution in [0, 0.1) is 12.8 Å². The van der Waals surface area contributed by atoms with Gasteiger partial charge in [-0.05, 0) is 51.4 Å². The third-order valence-electron chi connectivity index (χ3n) is 5.07. The molecule has 3 rings (SSSR count). The lowest BCUT2D eigenvalue weighted by Crippen LogP contribution is -2.48. The summed E-state index contributed by atoms with van der Waals surface area (Å²) < 4.78 is 4.98. The molecule has 2 amide bonds. The summed E-state index contributed by atoms with van der Waals surface area (Å²) in [6, 6.07) is 8.09. The van der Waals surface area contributed by atoms with E-state index in [2.05, 4.69) is 20.7 Å². The lowest BCUT2D eigenvalue weighted by Gasteiger charge is -2.35. The van der Waals surface area contributed by atoms with Gasteiger partial charge >= 0.3 is 0 Å². The molecule has 0 spiro atoms. The van der Waals surface area contributed by atoms with Gasteiger partial charge < -0.3 is 20.3 Å². The van der Waals surface area contributed by atoms with Crippen LogP contribution in [0.4, 0.5) is 11.5 Å². The molecule has 3 N–H and O–H groups in total. The number of para-hydroxylation sites is 2. The Morgan fingerprint density at radius 3 is 2.61 bits per heavy atom. The average molecular weight is 386 g/mol. The number of phenols is 1. The van der Waals surface area contributed by atoms with Crippen molar-refractivity contribution in [3.8, 4) is 5.75 Å². The van der Waals surface area contributed by atoms with E-state index >= 15 is 0 Å². The molecule has 1 aliphatic heterocycles. The number of hydrogen-bond donors (Lipinski definition) is 3. The lowest BCUT2D eigenvalue weighted by atomic mass is 9.94. The number of nitrogens with one attached hydrogen (secondary N) is 2. The summed E-state index contributed by atoms with van der Waals surface area (Å²) in [5.41, 5.74) is 0.420. The van der Waals surface area contributed by atoms with Gasteiger partial charge in [-0.2, -0.15) is 0 Å². The molecule has 0 radical (unpaired) electrons. The SMILES string of the molecule is CCC(C(=O)Nc1cc(C)on1)N1CCC(C(=O)Nc2ccccc2O)CC1. The number of benzene rings is 1. The molecule has 1 aliphatic rings. The van der Waals surface area contributed by atoms with Gasteiger partial charge in [0.25, 0.3) is 0 Å². The predicted molar refractivity (Wildman–Crippen MR) is 105 cm³/mol. The number of aromatic nitrogens is 1. The van der Waals surface area contributed by atoms with E-state index in [4.69, 9.17) is 4.52 Å². The highest BCUT2D eigenvalue weighted by molar-refractivity contribution is 5.95. The lowest BCUT2D eigenvalue weighted by molar-refractivity contribution is -0.123. The Morgan fingerprint density at radius 1 is 1.29 bits per heavy atom. The number of anilines is 2. The van der Waals surface area contributed by atoms with Crippen molar-refractivity contribution >= 4 is 23.3 Å². The van der Waals surface area contributed by atoms with Gasteiger partial charge in [0.2, 0.25) is 11.8 Å². The second-order valence-electron chi connectivity index (χ2n) is 7.05. The number of phenolic OH excluding ortho intramolecular Hbond substituents is 1. The number of aryl methyl sites for hydroxylation is 1. The molecular formula is C20H26N4O4. The minimum absolute atomic E-state index is 0.0547. The first-order chi connectivity index (χ1) is 13.5. The summed E-state index contributed by atoms with van der Waals surface area (Å²) >= 11 is 0. The van der Waals surface area contributed by atoms with Crippen molar-refractivity contribution in [3.63, 3.8) is 0 Å². The summed E-state index contributed by atoms with van der Waals surface area (Å²) in [6.45, 7) is 5.05. The van der Waals surface area contributed by atoms with Crippen LogP contribution in [-0.2, 0) is 9.59 Å². The van der Waals surface area contributed by atoms with Crippen molar-refractivity contribution in [2.45, 2.75) is 39.2 Å². The van der Waals surface area contributed by atoms with Gasteiger partial charge in [-0.1, -0.05) is 24.2 Å². The van der Waals surface area contributed by atoms with Crippen molar-refractivity contribution in [2.24, 2.45) is 5.92 Å². The molecule has 8 nitrogen and oxygen atoms in total. The highest BCUT2D eigenvalue weighted by atomic mass is 16.5. The highest BCUT2D eigenvalue weighted by Crippen LogP contribution is 2.26. The van der Waals surface area contributed by atoms with E-state index in [0.717, 1.165) is 0 Å². The average Bonchev–Trinajstić information content (AvgIpc) is 3.09. The van der Waals surface area contributed by atoms with Gasteiger partial charge in [-0.15, -0.1) is 0 Å². The molecule has 1 aromatic heterocycles. The summed E-state index contributed by atoms with van der Waals surface area (Å²) in [6.07, 6.45) is 1.98. The van der Waals surface area contributed by atoms with Crippen LogP contribution in [0.15, 0.2) is 34.9 Å². The monoisotopic (exact) mass is 386 g/mol. The van der Waals surface area contributed by atoms with Crippen LogP contribution < -0.4 is 10.6 Å². The van der Waals surface area contributed by atoms with E-state index in [1.165, 1.54) is 0 Å². The fourth-order valence-corrected chi connectivity index (χ4v) is 3.53. The summed E-state index contributed by atoms with van der Waals surface area (Å²) in [5, 5.41) is 19.2. The minimum Gasteiger partial charge on any atom is -0.506 e. The van der Waals surface area contributed by atoms with E-state index < -0.39 is 0 Å². The predicted octanol–water partition coefficient (Wildman–Crippen LogP) is 2.76. The number of carbonyl (C=O) groups excluding carboxylic acids is 2. The molecule has 150 valence electrons. The minimum atomic E-state index is -0.279. The third-order valence-corrected chi connectivity index (χ3v) is 5.07. The van der Waals surface area contributed by atoms with E-state index in [9.17, 15) is 14.7 Å². The second kappa shape index (κ2) is 8.88. The van der Waals surface area contributed by atoms with Crippen LogP contribution in [0.2, 0.25) is 0 Å². The molecule has 28 heavy (non-hydrogen) atoms. The third kappa shape index (κ3) is 4.69. The first-order valence-corrected chi connectivity index (χ1v) is 9.55. The zero-order valence-electron chi connectivity index (χ0n) is 16.1. The maximum Gasteiger partial charge on any atom is 0.242 e. The molecule has 2 heterocycles. The highest BCUT2D eigenvalue weighted by Gasteiger charge is 2.31. The molecule has 0 bridgehead atoms. The first kappa shape index (κ1) is 19.9. The molecule has 8 heteroatoms. The largest absolute Gasteiger partial charge is 0.506 e. The maximum absolute atomic E-state index is 12.6. The standard InChI is InChI=1S/C20H26N4O4/c1-3-16(20(27)22-18-12-13(2)28-23-18)24-10-8-14(9-11-24)19(26)21-15-6-4-5-7-17(15)25/h4-7,12,14,16,25H,3,8-11H2,1-2H3,(H,21,26)(H,22,23,27). The van der Waals surface area contributed by atoms with E-state index in [0.29, 0.717) is 49.6 Å². The van der Waals surface area contributed by atoms with Gasteiger partial charge in [0.05, 0.1) is 11.7 Å². The number of carbonyl (C=O) groups is 2. The van der Waals surface area contributed by atoms with Crippen molar-refractivity contribution in [1.29, 1.82) is 0 Å². The first-order valence-electron chi connectivity index (χ1n) is 9.55. The van der Waals surface area contributed by atoms with Crippen molar-refractivity contribution in [3.05, 3.63) is 36.1 Å². The van der Waals surface area contributed by atoms with E-state index in [-0.39, 0.29) is 29.5 Å². The van der Waals surface area contributed by atoms with Gasteiger partial charge in [0.15, 0.2) is 5.82 Å². The normalized spacial score (nSPS) is 16.5. The molecule has 1 unspecified atom stereocenters. The molecule has 0 saturated carbocycles. The molecule has 1 aromatic carbocycles. The molecule has 2 aromatic rings. The number of nitrogens with zero attached hydrogens (tertiary/aromatic N) is 2. The van der Waals surface area contributed by atoms with Gasteiger partial charge in [0, 0.05) is 12.0 Å². The van der Waals surface area contributed by atoms with E-state index in [1.54, 1.807) is 37.3 Å². The van der Waals surface area contributed by atoms with Crippen molar-refractivity contribution in [2.75, 3.05) is 23.7 Å². The Labute approximate surface area is 163 Å². The molecule has 1 atom stereocenters. The molecule has 1 fully saturated rings. The molecule has 0 aliphatic carbocycles. The topological polar surface area (TPSA) is 108 Å². The van der Waals surface area contributed by atoms with Gasteiger partial charge in [0.1, 0.15) is 11.5 Å². The van der Waals surface area contributed by atoms with Gasteiger partial charge in [-0.3, -0.25) is 14.5 Å². The second-order valence-corrected chi connectivity index (χ2v) is 7.05. The quantitative estimate of drug-likeness (QED) is 0.659. The van der Waals surface area contributed by atoms with Crippen LogP contribution in [0.25, 0.3) is 0 Å². The number of hydrogen-bond acceptors (Lipinski definition) is 6. The Balaban J connectivity index is 1.53. The molecule has 1 saturated heterocycles. The fraction of sp³-hybridized carbons (Fsp3) is 0.450. The van der Waals surface area contributed by atoms with E-state index in [1.807, 2.05) is 6.92 Å². The summed E-state index contributed by atoms with van der Waals surface area (Å²) in [5.74, 6) is 0.746. The zero-order valence-corrected chi connectivity index (χ0v) is 16.1. The zero-order chi connectivity index (χ0) is 20.1. The van der Waals surface area contributed by atoms with Crippen LogP contribution in [0.1, 0.15) is 31.9 Å². The van der Waals surface area contributed by atoms with Crippen LogP contribution in [0.3, 0.4) is 0 Å². The van der Waals surface area contributed by atoms with Crippen LogP contribution >= 0.6 is 0 Å². The van der Waals surface area contributed by atoms with Crippen LogP contribution in [-0.4, -0.2) is 46.1 Å². The Morgan fingerprint density at radius 2 is 2.00 bits per heavy atom. The number of piperidine rings is 1. The Bertz CT molecular complexity index is 827. The summed E-state index contributed by atoms with van der Waals surface area (Å²) in [4.78, 5) is 27.2. The number of likely N-dealkylation sites (tertiary alicyclic amines) is 1. The van der Waals surface area contributed by atoms with Gasteiger partial charge in [-0.25, -0.2) is 0 Å². The number of amides is 2. The van der Waals surface area contributed by atoms with Crippen LogP contribution in [0.5, 0.6) is 5.75 Å². The number of aromatic hydroxyl groups is 1. The number of rotatable bonds is 6. The van der Waals surface area contributed by atoms with Crippen molar-refractivity contribution in [1.82, 2.24) is 10.1 Å². The maximum atomic E-state index is 12.6. The summed E-state index contributed by atoms with van der Waals surface area (Å²) in [7, 11) is 0. The Hall–Kier alpha value is -2.87. The fourth-order valence-electron chi connectivity index (χ4n) is 3.53. The van der Waals surface area contributed by atoms with Crippen molar-refractivity contribution < 1.29 is 19.2 Å². The Kier molecular flexibility index (Phi) is 6.30. The molecular weight excluding hydrogens is 360 g/mol.